The number of fused-ring (bicyclic) bond motifs is 2. The van der Waals surface area contributed by atoms with E-state index in [0.717, 1.165) is 18.7 Å². The van der Waals surface area contributed by atoms with E-state index in [0.29, 0.717) is 4.58 Å². The number of carboxylic acid groups (broad SMARTS) is 1. The molecule has 2 saturated heterocycles. The maximum atomic E-state index is 17.0. The van der Waals surface area contributed by atoms with Crippen LogP contribution < -0.4 is 10.1 Å². The first kappa shape index (κ1) is 18.3. The summed E-state index contributed by atoms with van der Waals surface area (Å²) in [6.45, 7) is 1.92. The molecule has 0 aromatic heterocycles. The van der Waals surface area contributed by atoms with Gasteiger partial charge in [0.1, 0.15) is 43.5 Å². The predicted octanol–water partition coefficient (Wildman–Crippen LogP) is 5.54. The summed E-state index contributed by atoms with van der Waals surface area (Å²) in [6.07, 6.45) is 0.724. The number of rotatable bonds is 4. The number of hydrogen-bond acceptors (Lipinski definition) is 3. The molecular formula is C33H30F3N4O2Si+. The van der Waals surface area contributed by atoms with Crippen molar-refractivity contribution in [1.29, 1.82) is 5.26 Å². The van der Waals surface area contributed by atoms with E-state index < -0.39 is 97.6 Å². The minimum Gasteiger partial charge on any atom is -0.478 e. The van der Waals surface area contributed by atoms with Crippen molar-refractivity contribution in [3.8, 4) is 6.07 Å². The van der Waals surface area contributed by atoms with Crippen LogP contribution in [0.5, 0.6) is 0 Å². The number of halogens is 3. The lowest BCUT2D eigenvalue weighted by Crippen LogP contribution is -2.51. The quantitative estimate of drug-likeness (QED) is 0.214. The Morgan fingerprint density at radius 2 is 1.95 bits per heavy atom. The van der Waals surface area contributed by atoms with Crippen LogP contribution in [0.4, 0.5) is 18.9 Å². The Labute approximate surface area is 264 Å². The molecule has 43 heavy (non-hydrogen) atoms. The molecule has 3 aliphatic heterocycles. The Hall–Kier alpha value is -4.41. The number of carbonyl (C=O) groups is 1. The molecular weight excluding hydrogens is 569 g/mol. The summed E-state index contributed by atoms with van der Waals surface area (Å²) in [4.78, 5) is 16.4. The molecule has 0 radical (unpaired) electrons. The molecule has 1 N–H and O–H groups in total. The summed E-state index contributed by atoms with van der Waals surface area (Å²) < 4.78 is 141. The number of nitrogens with zero attached hydrogens (tertiary/aromatic N) is 4. The van der Waals surface area contributed by atoms with Crippen molar-refractivity contribution in [2.75, 3.05) is 30.9 Å². The van der Waals surface area contributed by atoms with Crippen LogP contribution in [0, 0.1) is 41.2 Å². The third-order valence-corrected chi connectivity index (χ3v) is 11.5. The molecule has 0 saturated carbocycles. The summed E-state index contributed by atoms with van der Waals surface area (Å²) in [6, 6.07) is 5.30. The van der Waals surface area contributed by atoms with E-state index in [2.05, 4.69) is 4.85 Å². The van der Waals surface area contributed by atoms with Gasteiger partial charge in [-0.1, -0.05) is 26.1 Å². The molecule has 2 aromatic carbocycles. The van der Waals surface area contributed by atoms with Crippen LogP contribution in [-0.4, -0.2) is 55.4 Å². The van der Waals surface area contributed by atoms with Crippen LogP contribution in [0.25, 0.3) is 10.4 Å². The van der Waals surface area contributed by atoms with Crippen molar-refractivity contribution >= 4 is 36.2 Å². The third kappa shape index (κ3) is 4.11. The van der Waals surface area contributed by atoms with Crippen LogP contribution in [0.3, 0.4) is 0 Å². The van der Waals surface area contributed by atoms with E-state index in [9.17, 15) is 15.2 Å². The number of allylic oxidation sites excluding steroid dienone is 5. The van der Waals surface area contributed by atoms with Gasteiger partial charge in [-0.2, -0.15) is 5.26 Å². The highest BCUT2D eigenvalue weighted by atomic mass is 28.3. The van der Waals surface area contributed by atoms with Crippen LogP contribution in [0.15, 0.2) is 47.2 Å². The maximum absolute atomic E-state index is 17.0. The van der Waals surface area contributed by atoms with Gasteiger partial charge in [-0.25, -0.2) is 29.1 Å². The van der Waals surface area contributed by atoms with Gasteiger partial charge in [0.25, 0.3) is 0 Å². The fourth-order valence-electron chi connectivity index (χ4n) is 5.74. The van der Waals surface area contributed by atoms with E-state index in [1.54, 1.807) is 13.1 Å². The van der Waals surface area contributed by atoms with Gasteiger partial charge < -0.3 is 10.0 Å². The largest absolute Gasteiger partial charge is 0.478 e. The molecule has 10 heteroatoms. The summed E-state index contributed by atoms with van der Waals surface area (Å²) in [5, 5.41) is 20.5. The van der Waals surface area contributed by atoms with Crippen molar-refractivity contribution in [3.63, 3.8) is 0 Å². The molecule has 0 amide bonds. The van der Waals surface area contributed by atoms with Crippen molar-refractivity contribution in [2.24, 2.45) is 5.89 Å². The number of hydrogen-bond donors (Lipinski definition) is 1. The van der Waals surface area contributed by atoms with E-state index in [1.807, 2.05) is 0 Å². The zero-order valence-corrected chi connectivity index (χ0v) is 24.2. The van der Waals surface area contributed by atoms with Gasteiger partial charge in [0.15, 0.2) is 23.4 Å². The third-order valence-electron chi connectivity index (χ3n) is 8.02. The summed E-state index contributed by atoms with van der Waals surface area (Å²) in [5.41, 5.74) is -7.28. The zero-order valence-electron chi connectivity index (χ0n) is 34.2. The molecule has 2 fully saturated rings. The first-order valence-corrected chi connectivity index (χ1v) is 16.0. The van der Waals surface area contributed by atoms with Gasteiger partial charge in [-0.05, 0) is 51.2 Å². The van der Waals surface area contributed by atoms with E-state index in [-0.39, 0.29) is 32.9 Å². The molecule has 218 valence electrons. The Morgan fingerprint density at radius 1 is 1.26 bits per heavy atom. The predicted molar refractivity (Wildman–Crippen MR) is 161 cm³/mol. The maximum Gasteiger partial charge on any atom is 0.343 e. The highest BCUT2D eigenvalue weighted by Gasteiger charge is 2.47. The topological polar surface area (TPSA) is 71.7 Å². The highest BCUT2D eigenvalue weighted by molar-refractivity contribution is 6.98. The van der Waals surface area contributed by atoms with Gasteiger partial charge in [0, 0.05) is 52.9 Å². The first-order chi connectivity index (χ1) is 24.5. The van der Waals surface area contributed by atoms with E-state index >= 15 is 13.2 Å². The van der Waals surface area contributed by atoms with Crippen LogP contribution in [0.2, 0.25) is 13.1 Å². The second kappa shape index (κ2) is 9.82. The molecule has 0 spiro atoms. The highest BCUT2D eigenvalue weighted by Crippen LogP contribution is 2.46. The molecule has 1 atom stereocenters. The van der Waals surface area contributed by atoms with Crippen molar-refractivity contribution in [2.45, 2.75) is 38.9 Å². The smallest absolute Gasteiger partial charge is 0.343 e. The number of benzene rings is 2. The molecule has 3 heterocycles. The van der Waals surface area contributed by atoms with Gasteiger partial charge in [-0.3, -0.25) is 4.85 Å². The minimum absolute atomic E-state index is 0.00602. The van der Waals surface area contributed by atoms with Crippen molar-refractivity contribution < 1.29 is 42.7 Å². The summed E-state index contributed by atoms with van der Waals surface area (Å²) in [5.74, 6) is -10.3. The average molecular weight is 611 g/mol. The summed E-state index contributed by atoms with van der Waals surface area (Å²) >= 11 is 0. The van der Waals surface area contributed by atoms with Crippen LogP contribution in [-0.2, 0) is 5.54 Å². The standard InChI is InChI=1S/C33H29F3N4O2Si/c1-18-15-40(16-18)20-8-10-22-24(14-20)43(4,5)23-13-19(39-11-6-12-39)7-9-21(23)25(22)26-27(32(41)42)30(35)31(36)28(29(26)34)33(2,17-37)38-3/h7-10,13-14,18H,6,11-12,15-16H2,1-2,4-5H3/p+1/i6D2,11D2,12D2,15D2,16D2,18D. The molecule has 1 unspecified atom stereocenters. The van der Waals surface area contributed by atoms with E-state index in [1.165, 1.54) is 42.5 Å². The van der Waals surface area contributed by atoms with Crippen molar-refractivity contribution in [1.82, 2.24) is 0 Å². The molecule has 6 nitrogen and oxygen atoms in total. The Bertz CT molecular complexity index is 2310. The number of anilines is 1. The second-order valence-corrected chi connectivity index (χ2v) is 15.3. The second-order valence-electron chi connectivity index (χ2n) is 11.0. The Morgan fingerprint density at radius 3 is 2.58 bits per heavy atom. The molecule has 4 aliphatic rings. The fraction of sp³-hybridized carbons (Fsp3) is 0.333. The number of carboxylic acids is 1. The van der Waals surface area contributed by atoms with Gasteiger partial charge in [0.05, 0.1) is 6.37 Å². The lowest BCUT2D eigenvalue weighted by molar-refractivity contribution is -0.582. The number of aromatic carboxylic acids is 1. The average Bonchev–Trinajstić information content (AvgIpc) is 3.06. The van der Waals surface area contributed by atoms with Gasteiger partial charge in [0.2, 0.25) is 0 Å². The normalized spacial score (nSPS) is 30.6. The first-order valence-electron chi connectivity index (χ1n) is 18.5. The van der Waals surface area contributed by atoms with Crippen LogP contribution in [0.1, 0.15) is 62.3 Å². The SMILES string of the molecule is [2H]C1([2H])N(c2ccc3c(c2)[Si](C)(C)C2=CC(=[N+]4C([2H])([2H])C([2H])([2H])C4([2H])[2H])C=CC2=C3c2c(F)c(C(C)(C#N)[N+]#[C-])c(F)c(F)c2C(=O)O)C([2H])([2H])C1([2H])C. The lowest BCUT2D eigenvalue weighted by atomic mass is 9.82. The minimum atomic E-state index is -3.39. The Balaban J connectivity index is 1.78. The van der Waals surface area contributed by atoms with Crippen LogP contribution >= 0.6 is 0 Å². The number of nitriles is 1. The molecule has 2 aromatic rings. The zero-order chi connectivity index (χ0) is 40.9. The fourth-order valence-corrected chi connectivity index (χ4v) is 8.81. The van der Waals surface area contributed by atoms with Crippen molar-refractivity contribution in [3.05, 3.63) is 98.3 Å². The van der Waals surface area contributed by atoms with Gasteiger partial charge >= 0.3 is 11.5 Å². The summed E-state index contributed by atoms with van der Waals surface area (Å²) in [7, 11) is -3.39. The monoisotopic (exact) mass is 610 g/mol. The Kier molecular flexibility index (Phi) is 4.18. The molecule has 1 aliphatic carbocycles. The van der Waals surface area contributed by atoms with Gasteiger partial charge in [-0.15, -0.1) is 0 Å². The molecule has 6 rings (SSSR count). The van der Waals surface area contributed by atoms with E-state index in [4.69, 9.17) is 21.7 Å². The molecule has 0 bridgehead atoms. The lowest BCUT2D eigenvalue weighted by Gasteiger charge is -2.42.